The molecule has 0 aliphatic carbocycles. The summed E-state index contributed by atoms with van der Waals surface area (Å²) in [6.07, 6.45) is 4.16. The van der Waals surface area contributed by atoms with Crippen LogP contribution in [-0.4, -0.2) is 48.4 Å². The van der Waals surface area contributed by atoms with E-state index >= 15 is 0 Å². The van der Waals surface area contributed by atoms with Gasteiger partial charge in [0.2, 0.25) is 11.8 Å². The van der Waals surface area contributed by atoms with Crippen molar-refractivity contribution in [2.24, 2.45) is 5.92 Å². The topological polar surface area (TPSA) is 61.4 Å². The van der Waals surface area contributed by atoms with Crippen LogP contribution in [0.3, 0.4) is 0 Å². The SMILES string of the molecule is CC1CC(NC(=O)C2CCCN(C(=O)Cc3ccccc3)C2)CCN1. The lowest BCUT2D eigenvalue weighted by Gasteiger charge is -2.34. The molecular formula is C20H29N3O2. The molecule has 2 aliphatic rings. The molecule has 25 heavy (non-hydrogen) atoms. The number of likely N-dealkylation sites (tertiary alicyclic amines) is 1. The molecule has 3 unspecified atom stereocenters. The molecular weight excluding hydrogens is 314 g/mol. The van der Waals surface area contributed by atoms with Crippen molar-refractivity contribution in [3.05, 3.63) is 35.9 Å². The standard InChI is InChI=1S/C20H29N3O2/c1-15-12-18(9-10-21-15)22-20(25)17-8-5-11-23(14-17)19(24)13-16-6-3-2-4-7-16/h2-4,6-7,15,17-18,21H,5,8-14H2,1H3,(H,22,25). The molecule has 3 atom stereocenters. The Hall–Kier alpha value is -1.88. The first-order valence-electron chi connectivity index (χ1n) is 9.47. The predicted molar refractivity (Wildman–Crippen MR) is 98.1 cm³/mol. The number of nitrogens with one attached hydrogen (secondary N) is 2. The maximum atomic E-state index is 12.6. The lowest BCUT2D eigenvalue weighted by atomic mass is 9.94. The van der Waals surface area contributed by atoms with Gasteiger partial charge in [-0.3, -0.25) is 9.59 Å². The van der Waals surface area contributed by atoms with Gasteiger partial charge in [-0.05, 0) is 44.7 Å². The number of rotatable bonds is 4. The number of amides is 2. The van der Waals surface area contributed by atoms with Gasteiger partial charge >= 0.3 is 0 Å². The first-order valence-corrected chi connectivity index (χ1v) is 9.47. The fourth-order valence-corrected chi connectivity index (χ4v) is 3.88. The molecule has 5 nitrogen and oxygen atoms in total. The number of carbonyl (C=O) groups excluding carboxylic acids is 2. The van der Waals surface area contributed by atoms with Crippen LogP contribution < -0.4 is 10.6 Å². The maximum absolute atomic E-state index is 12.6. The molecule has 136 valence electrons. The Bertz CT molecular complexity index is 590. The first-order chi connectivity index (χ1) is 12.1. The summed E-state index contributed by atoms with van der Waals surface area (Å²) in [6.45, 7) is 4.43. The third-order valence-corrected chi connectivity index (χ3v) is 5.31. The van der Waals surface area contributed by atoms with Gasteiger partial charge in [0.25, 0.3) is 0 Å². The predicted octanol–water partition coefficient (Wildman–Crippen LogP) is 1.72. The van der Waals surface area contributed by atoms with Crippen molar-refractivity contribution in [2.75, 3.05) is 19.6 Å². The van der Waals surface area contributed by atoms with Crippen molar-refractivity contribution in [3.8, 4) is 0 Å². The average molecular weight is 343 g/mol. The largest absolute Gasteiger partial charge is 0.353 e. The van der Waals surface area contributed by atoms with Crippen LogP contribution in [0.2, 0.25) is 0 Å². The van der Waals surface area contributed by atoms with Crippen LogP contribution in [0.4, 0.5) is 0 Å². The second-order valence-corrected chi connectivity index (χ2v) is 7.43. The van der Waals surface area contributed by atoms with E-state index in [1.54, 1.807) is 0 Å². The molecule has 1 aromatic carbocycles. The minimum Gasteiger partial charge on any atom is -0.353 e. The minimum atomic E-state index is -0.0707. The third kappa shape index (κ3) is 5.05. The van der Waals surface area contributed by atoms with Crippen molar-refractivity contribution in [3.63, 3.8) is 0 Å². The van der Waals surface area contributed by atoms with E-state index < -0.39 is 0 Å². The summed E-state index contributed by atoms with van der Waals surface area (Å²) in [5.41, 5.74) is 1.03. The monoisotopic (exact) mass is 343 g/mol. The van der Waals surface area contributed by atoms with Crippen molar-refractivity contribution in [1.82, 2.24) is 15.5 Å². The van der Waals surface area contributed by atoms with Gasteiger partial charge in [-0.2, -0.15) is 0 Å². The van der Waals surface area contributed by atoms with E-state index in [0.717, 1.165) is 44.3 Å². The zero-order chi connectivity index (χ0) is 17.6. The molecule has 1 aromatic rings. The van der Waals surface area contributed by atoms with Crippen LogP contribution in [0.15, 0.2) is 30.3 Å². The summed E-state index contributed by atoms with van der Waals surface area (Å²) in [7, 11) is 0. The van der Waals surface area contributed by atoms with Crippen LogP contribution in [-0.2, 0) is 16.0 Å². The highest BCUT2D eigenvalue weighted by Gasteiger charge is 2.30. The number of hydrogen-bond acceptors (Lipinski definition) is 3. The van der Waals surface area contributed by atoms with Crippen LogP contribution in [0, 0.1) is 5.92 Å². The van der Waals surface area contributed by atoms with E-state index in [1.807, 2.05) is 35.2 Å². The number of carbonyl (C=O) groups is 2. The first kappa shape index (κ1) is 17.9. The van der Waals surface area contributed by atoms with Gasteiger partial charge < -0.3 is 15.5 Å². The Morgan fingerprint density at radius 1 is 1.24 bits per heavy atom. The van der Waals surface area contributed by atoms with E-state index in [9.17, 15) is 9.59 Å². The fourth-order valence-electron chi connectivity index (χ4n) is 3.88. The summed E-state index contributed by atoms with van der Waals surface area (Å²) in [4.78, 5) is 27.1. The molecule has 0 radical (unpaired) electrons. The Kier molecular flexibility index (Phi) is 6.08. The second-order valence-electron chi connectivity index (χ2n) is 7.43. The van der Waals surface area contributed by atoms with Crippen molar-refractivity contribution < 1.29 is 9.59 Å². The van der Waals surface area contributed by atoms with Crippen LogP contribution in [0.1, 0.15) is 38.2 Å². The zero-order valence-corrected chi connectivity index (χ0v) is 15.0. The Morgan fingerprint density at radius 3 is 2.80 bits per heavy atom. The average Bonchev–Trinajstić information content (AvgIpc) is 2.62. The van der Waals surface area contributed by atoms with E-state index in [4.69, 9.17) is 0 Å². The smallest absolute Gasteiger partial charge is 0.227 e. The van der Waals surface area contributed by atoms with E-state index in [2.05, 4.69) is 17.6 Å². The summed E-state index contributed by atoms with van der Waals surface area (Å²) in [5.74, 6) is 0.175. The number of benzene rings is 1. The van der Waals surface area contributed by atoms with Crippen LogP contribution >= 0.6 is 0 Å². The third-order valence-electron chi connectivity index (χ3n) is 5.31. The molecule has 2 N–H and O–H groups in total. The van der Waals surface area contributed by atoms with Gasteiger partial charge in [0.15, 0.2) is 0 Å². The van der Waals surface area contributed by atoms with E-state index in [0.29, 0.717) is 19.0 Å². The molecule has 0 bridgehead atoms. The van der Waals surface area contributed by atoms with Crippen molar-refractivity contribution in [2.45, 2.75) is 51.1 Å². The highest BCUT2D eigenvalue weighted by molar-refractivity contribution is 5.82. The van der Waals surface area contributed by atoms with E-state index in [1.165, 1.54) is 0 Å². The lowest BCUT2D eigenvalue weighted by Crippen LogP contribution is -2.51. The van der Waals surface area contributed by atoms with Gasteiger partial charge in [0, 0.05) is 25.2 Å². The normalized spacial score (nSPS) is 26.9. The van der Waals surface area contributed by atoms with Crippen molar-refractivity contribution >= 4 is 11.8 Å². The minimum absolute atomic E-state index is 0.0707. The Balaban J connectivity index is 1.51. The molecule has 2 aliphatic heterocycles. The summed E-state index contributed by atoms with van der Waals surface area (Å²) >= 11 is 0. The van der Waals surface area contributed by atoms with Gasteiger partial charge in [-0.15, -0.1) is 0 Å². The quantitative estimate of drug-likeness (QED) is 0.875. The number of piperidine rings is 2. The van der Waals surface area contributed by atoms with E-state index in [-0.39, 0.29) is 23.8 Å². The molecule has 0 saturated carbocycles. The Morgan fingerprint density at radius 2 is 2.04 bits per heavy atom. The van der Waals surface area contributed by atoms with Crippen LogP contribution in [0.5, 0.6) is 0 Å². The molecule has 2 amide bonds. The molecule has 0 spiro atoms. The maximum Gasteiger partial charge on any atom is 0.227 e. The fraction of sp³-hybridized carbons (Fsp3) is 0.600. The number of nitrogens with zero attached hydrogens (tertiary/aromatic N) is 1. The highest BCUT2D eigenvalue weighted by Crippen LogP contribution is 2.19. The molecule has 5 heteroatoms. The molecule has 2 heterocycles. The van der Waals surface area contributed by atoms with Gasteiger partial charge in [-0.1, -0.05) is 30.3 Å². The van der Waals surface area contributed by atoms with Gasteiger partial charge in [0.1, 0.15) is 0 Å². The molecule has 0 aromatic heterocycles. The molecule has 2 saturated heterocycles. The Labute approximate surface area is 150 Å². The second kappa shape index (κ2) is 8.48. The summed E-state index contributed by atoms with van der Waals surface area (Å²) in [5, 5.41) is 6.62. The zero-order valence-electron chi connectivity index (χ0n) is 15.0. The van der Waals surface area contributed by atoms with Gasteiger partial charge in [-0.25, -0.2) is 0 Å². The summed E-state index contributed by atoms with van der Waals surface area (Å²) in [6, 6.07) is 10.5. The van der Waals surface area contributed by atoms with Gasteiger partial charge in [0.05, 0.1) is 12.3 Å². The highest BCUT2D eigenvalue weighted by atomic mass is 16.2. The lowest BCUT2D eigenvalue weighted by molar-refractivity contribution is -0.135. The number of hydrogen-bond donors (Lipinski definition) is 2. The molecule has 2 fully saturated rings. The van der Waals surface area contributed by atoms with Crippen molar-refractivity contribution in [1.29, 1.82) is 0 Å². The van der Waals surface area contributed by atoms with Crippen LogP contribution in [0.25, 0.3) is 0 Å². The molecule has 3 rings (SSSR count). The summed E-state index contributed by atoms with van der Waals surface area (Å²) < 4.78 is 0.